The Morgan fingerprint density at radius 1 is 1.03 bits per heavy atom. The summed E-state index contributed by atoms with van der Waals surface area (Å²) in [5, 5.41) is 5.55. The molecule has 1 fully saturated rings. The van der Waals surface area contributed by atoms with Gasteiger partial charge >= 0.3 is 0 Å². The van der Waals surface area contributed by atoms with Crippen LogP contribution in [0.4, 0.5) is 0 Å². The van der Waals surface area contributed by atoms with Crippen molar-refractivity contribution in [2.24, 2.45) is 5.92 Å². The molecule has 0 saturated carbocycles. The third kappa shape index (κ3) is 4.61. The first-order valence-electron chi connectivity index (χ1n) is 9.88. The first-order chi connectivity index (χ1) is 14.5. The van der Waals surface area contributed by atoms with Crippen LogP contribution >= 0.6 is 11.3 Å². The molecule has 0 spiro atoms. The maximum atomic E-state index is 12.7. The Hall–Kier alpha value is -2.55. The van der Waals surface area contributed by atoms with Crippen molar-refractivity contribution in [2.75, 3.05) is 19.6 Å². The molecule has 0 unspecified atom stereocenters. The van der Waals surface area contributed by atoms with Crippen molar-refractivity contribution < 1.29 is 13.2 Å². The average molecular weight is 442 g/mol. The molecule has 3 aromatic rings. The Kier molecular flexibility index (Phi) is 6.26. The predicted molar refractivity (Wildman–Crippen MR) is 118 cm³/mol. The largest absolute Gasteiger partial charge is 0.350 e. The van der Waals surface area contributed by atoms with E-state index < -0.39 is 10.0 Å². The fourth-order valence-corrected chi connectivity index (χ4v) is 5.81. The summed E-state index contributed by atoms with van der Waals surface area (Å²) in [5.41, 5.74) is 1.41. The van der Waals surface area contributed by atoms with Gasteiger partial charge in [0, 0.05) is 30.6 Å². The van der Waals surface area contributed by atoms with Gasteiger partial charge in [0.25, 0.3) is 5.91 Å². The van der Waals surface area contributed by atoms with Crippen LogP contribution in [0.1, 0.15) is 23.3 Å². The monoisotopic (exact) mass is 441 g/mol. The Morgan fingerprint density at radius 3 is 2.33 bits per heavy atom. The van der Waals surface area contributed by atoms with E-state index in [2.05, 4.69) is 10.3 Å². The summed E-state index contributed by atoms with van der Waals surface area (Å²) >= 11 is 1.45. The Bertz CT molecular complexity index is 1090. The summed E-state index contributed by atoms with van der Waals surface area (Å²) < 4.78 is 27.0. The molecule has 156 valence electrons. The second kappa shape index (κ2) is 9.07. The first kappa shape index (κ1) is 20.7. The molecule has 1 amide bonds. The molecule has 0 bridgehead atoms. The standard InChI is InChI=1S/C22H23N3O3S2/c26-21(20-16-29-22(24-20)18-7-3-1-4-8-18)23-15-17-11-13-25(14-12-17)30(27,28)19-9-5-2-6-10-19/h1-10,16-17H,11-15H2,(H,23,26). The number of piperidine rings is 1. The number of hydrogen-bond acceptors (Lipinski definition) is 5. The minimum absolute atomic E-state index is 0.187. The minimum Gasteiger partial charge on any atom is -0.350 e. The molecule has 8 heteroatoms. The topological polar surface area (TPSA) is 79.4 Å². The Morgan fingerprint density at radius 2 is 1.67 bits per heavy atom. The van der Waals surface area contributed by atoms with Gasteiger partial charge in [-0.1, -0.05) is 48.5 Å². The molecule has 2 aromatic carbocycles. The van der Waals surface area contributed by atoms with Gasteiger partial charge in [0.2, 0.25) is 10.0 Å². The molecule has 1 saturated heterocycles. The Labute approximate surface area is 180 Å². The van der Waals surface area contributed by atoms with Gasteiger partial charge in [-0.15, -0.1) is 11.3 Å². The predicted octanol–water partition coefficient (Wildman–Crippen LogP) is 3.64. The van der Waals surface area contributed by atoms with E-state index in [1.807, 2.05) is 30.3 Å². The molecule has 4 rings (SSSR count). The van der Waals surface area contributed by atoms with E-state index >= 15 is 0 Å². The second-order valence-electron chi connectivity index (χ2n) is 7.27. The number of thiazole rings is 1. The number of sulfonamides is 1. The number of benzene rings is 2. The molecular formula is C22H23N3O3S2. The molecule has 0 atom stereocenters. The normalized spacial score (nSPS) is 15.7. The minimum atomic E-state index is -3.45. The third-order valence-corrected chi connectivity index (χ3v) is 8.07. The van der Waals surface area contributed by atoms with E-state index in [9.17, 15) is 13.2 Å². The molecule has 1 aliphatic rings. The summed E-state index contributed by atoms with van der Waals surface area (Å²) in [6.07, 6.45) is 1.44. The van der Waals surface area contributed by atoms with Crippen LogP contribution < -0.4 is 5.32 Å². The molecule has 30 heavy (non-hydrogen) atoms. The number of carbonyl (C=O) groups is 1. The van der Waals surface area contributed by atoms with Crippen molar-refractivity contribution in [1.82, 2.24) is 14.6 Å². The molecule has 0 radical (unpaired) electrons. The van der Waals surface area contributed by atoms with E-state index in [4.69, 9.17) is 0 Å². The van der Waals surface area contributed by atoms with E-state index in [0.29, 0.717) is 30.2 Å². The highest BCUT2D eigenvalue weighted by Gasteiger charge is 2.29. The molecule has 1 N–H and O–H groups in total. The van der Waals surface area contributed by atoms with Gasteiger partial charge in [-0.05, 0) is 30.9 Å². The fraction of sp³-hybridized carbons (Fsp3) is 0.273. The van der Waals surface area contributed by atoms with Crippen LogP contribution in [0.5, 0.6) is 0 Å². The van der Waals surface area contributed by atoms with E-state index in [1.54, 1.807) is 35.7 Å². The van der Waals surface area contributed by atoms with Crippen LogP contribution in [0.2, 0.25) is 0 Å². The molecular weight excluding hydrogens is 418 g/mol. The number of nitrogens with one attached hydrogen (secondary N) is 1. The lowest BCUT2D eigenvalue weighted by Gasteiger charge is -2.31. The summed E-state index contributed by atoms with van der Waals surface area (Å²) in [5.74, 6) is 0.0659. The first-order valence-corrected chi connectivity index (χ1v) is 12.2. The number of aromatic nitrogens is 1. The maximum Gasteiger partial charge on any atom is 0.270 e. The number of nitrogens with zero attached hydrogens (tertiary/aromatic N) is 2. The average Bonchev–Trinajstić information content (AvgIpc) is 3.29. The van der Waals surface area contributed by atoms with Crippen molar-refractivity contribution in [3.05, 3.63) is 71.7 Å². The van der Waals surface area contributed by atoms with Gasteiger partial charge < -0.3 is 5.32 Å². The van der Waals surface area contributed by atoms with Crippen LogP contribution in [-0.4, -0.2) is 43.2 Å². The molecule has 1 aliphatic heterocycles. The Balaban J connectivity index is 1.29. The number of rotatable bonds is 6. The van der Waals surface area contributed by atoms with Crippen LogP contribution in [-0.2, 0) is 10.0 Å². The quantitative estimate of drug-likeness (QED) is 0.633. The lowest BCUT2D eigenvalue weighted by molar-refractivity contribution is 0.0937. The second-order valence-corrected chi connectivity index (χ2v) is 10.1. The zero-order valence-corrected chi connectivity index (χ0v) is 18.0. The third-order valence-electron chi connectivity index (χ3n) is 5.26. The number of carbonyl (C=O) groups excluding carboxylic acids is 1. The zero-order chi connectivity index (χ0) is 21.0. The molecule has 1 aromatic heterocycles. The molecule has 6 nitrogen and oxygen atoms in total. The van der Waals surface area contributed by atoms with Gasteiger partial charge in [0.15, 0.2) is 0 Å². The summed E-state index contributed by atoms with van der Waals surface area (Å²) in [6.45, 7) is 1.45. The highest BCUT2D eigenvalue weighted by Crippen LogP contribution is 2.25. The van der Waals surface area contributed by atoms with Gasteiger partial charge in [-0.25, -0.2) is 13.4 Å². The summed E-state index contributed by atoms with van der Waals surface area (Å²) in [4.78, 5) is 17.2. The lowest BCUT2D eigenvalue weighted by atomic mass is 9.98. The highest BCUT2D eigenvalue weighted by molar-refractivity contribution is 7.89. The number of hydrogen-bond donors (Lipinski definition) is 1. The van der Waals surface area contributed by atoms with Crippen LogP contribution in [0.25, 0.3) is 10.6 Å². The van der Waals surface area contributed by atoms with Crippen LogP contribution in [0.15, 0.2) is 70.9 Å². The smallest absolute Gasteiger partial charge is 0.270 e. The maximum absolute atomic E-state index is 12.7. The van der Waals surface area contributed by atoms with Crippen molar-refractivity contribution in [1.29, 1.82) is 0 Å². The highest BCUT2D eigenvalue weighted by atomic mass is 32.2. The fourth-order valence-electron chi connectivity index (χ4n) is 3.51. The SMILES string of the molecule is O=C(NCC1CCN(S(=O)(=O)c2ccccc2)CC1)c1csc(-c2ccccc2)n1. The lowest BCUT2D eigenvalue weighted by Crippen LogP contribution is -2.41. The van der Waals surface area contributed by atoms with E-state index in [1.165, 1.54) is 15.6 Å². The van der Waals surface area contributed by atoms with E-state index in [-0.39, 0.29) is 11.8 Å². The van der Waals surface area contributed by atoms with Crippen molar-refractivity contribution in [2.45, 2.75) is 17.7 Å². The van der Waals surface area contributed by atoms with Crippen molar-refractivity contribution in [3.8, 4) is 10.6 Å². The van der Waals surface area contributed by atoms with Gasteiger partial charge in [-0.3, -0.25) is 4.79 Å². The summed E-state index contributed by atoms with van der Waals surface area (Å²) in [7, 11) is -3.45. The zero-order valence-electron chi connectivity index (χ0n) is 16.4. The van der Waals surface area contributed by atoms with Crippen molar-refractivity contribution in [3.63, 3.8) is 0 Å². The van der Waals surface area contributed by atoms with Gasteiger partial charge in [0.1, 0.15) is 10.7 Å². The van der Waals surface area contributed by atoms with Crippen LogP contribution in [0, 0.1) is 5.92 Å². The van der Waals surface area contributed by atoms with Gasteiger partial charge in [0.05, 0.1) is 4.90 Å². The molecule has 2 heterocycles. The van der Waals surface area contributed by atoms with Crippen LogP contribution in [0.3, 0.4) is 0 Å². The van der Waals surface area contributed by atoms with Crippen molar-refractivity contribution >= 4 is 27.3 Å². The number of amides is 1. The van der Waals surface area contributed by atoms with Gasteiger partial charge in [-0.2, -0.15) is 4.31 Å². The summed E-state index contributed by atoms with van der Waals surface area (Å²) in [6, 6.07) is 18.3. The molecule has 0 aliphatic carbocycles. The van der Waals surface area contributed by atoms with E-state index in [0.717, 1.165) is 23.4 Å².